The zero-order chi connectivity index (χ0) is 8.15. The third-order valence-corrected chi connectivity index (χ3v) is 1.44. The van der Waals surface area contributed by atoms with Crippen LogP contribution in [0.4, 0.5) is 0 Å². The fourth-order valence-corrected chi connectivity index (χ4v) is 1.01. The maximum absolute atomic E-state index is 9.97. The molecule has 0 aliphatic rings. The zero-order valence-corrected chi connectivity index (χ0v) is 6.67. The summed E-state index contributed by atoms with van der Waals surface area (Å²) in [7, 11) is 0. The van der Waals surface area contributed by atoms with Crippen molar-refractivity contribution >= 4 is 27.9 Å². The summed E-state index contributed by atoms with van der Waals surface area (Å²) in [6, 6.07) is 0. The second-order valence-corrected chi connectivity index (χ2v) is 3.09. The molecule has 0 radical (unpaired) electrons. The van der Waals surface area contributed by atoms with Gasteiger partial charge in [-0.05, 0) is 0 Å². The topological polar surface area (TPSA) is 74.6 Å². The van der Waals surface area contributed by atoms with Gasteiger partial charge in [-0.1, -0.05) is 15.9 Å². The van der Waals surface area contributed by atoms with Crippen LogP contribution in [0.25, 0.3) is 0 Å². The number of hydrogen-bond acceptors (Lipinski definition) is 2. The van der Waals surface area contributed by atoms with Crippen LogP contribution in [0.1, 0.15) is 12.8 Å². The van der Waals surface area contributed by atoms with Crippen molar-refractivity contribution in [3.63, 3.8) is 0 Å². The number of hydrogen-bond donors (Lipinski definition) is 2. The molecule has 0 aliphatic heterocycles. The molecule has 0 heterocycles. The number of rotatable bonds is 4. The maximum atomic E-state index is 9.97. The number of carboxylic acids is 2. The van der Waals surface area contributed by atoms with E-state index < -0.39 is 16.8 Å². The lowest BCUT2D eigenvalue weighted by Gasteiger charge is -2.00. The lowest BCUT2D eigenvalue weighted by molar-refractivity contribution is -0.138. The van der Waals surface area contributed by atoms with Gasteiger partial charge in [-0.15, -0.1) is 0 Å². The summed E-state index contributed by atoms with van der Waals surface area (Å²) in [5.41, 5.74) is 0. The fourth-order valence-electron chi connectivity index (χ4n) is 0.451. The molecule has 0 bridgehead atoms. The van der Waals surface area contributed by atoms with Gasteiger partial charge in [0.2, 0.25) is 0 Å². The summed E-state index contributed by atoms with van der Waals surface area (Å²) in [6.45, 7) is 0. The Morgan fingerprint density at radius 2 is 1.50 bits per heavy atom. The molecule has 0 aromatic heterocycles. The summed E-state index contributed by atoms with van der Waals surface area (Å²) in [4.78, 5) is 19.5. The van der Waals surface area contributed by atoms with Gasteiger partial charge in [0.25, 0.3) is 0 Å². The Hall–Kier alpha value is -0.580. The van der Waals surface area contributed by atoms with Gasteiger partial charge in [-0.2, -0.15) is 0 Å². The van der Waals surface area contributed by atoms with Crippen molar-refractivity contribution < 1.29 is 19.8 Å². The van der Waals surface area contributed by atoms with Crippen LogP contribution in [-0.4, -0.2) is 27.0 Å². The second kappa shape index (κ2) is 4.27. The highest BCUT2D eigenvalue weighted by atomic mass is 79.9. The van der Waals surface area contributed by atoms with Crippen molar-refractivity contribution in [3.8, 4) is 0 Å². The summed E-state index contributed by atoms with van der Waals surface area (Å²) < 4.78 is 0. The Kier molecular flexibility index (Phi) is 4.02. The molecule has 5 heteroatoms. The van der Waals surface area contributed by atoms with E-state index in [1.807, 2.05) is 0 Å². The quantitative estimate of drug-likeness (QED) is 0.671. The Bertz CT molecular complexity index is 129. The SMILES string of the molecule is O=C(O)CC(Br)CC(=O)O. The maximum Gasteiger partial charge on any atom is 0.304 e. The van der Waals surface area contributed by atoms with E-state index in [-0.39, 0.29) is 12.8 Å². The molecular formula is C5H7BrO4. The Labute approximate surface area is 66.0 Å². The van der Waals surface area contributed by atoms with E-state index in [0.29, 0.717) is 0 Å². The first kappa shape index (κ1) is 9.42. The van der Waals surface area contributed by atoms with Crippen molar-refractivity contribution in [2.45, 2.75) is 17.7 Å². The highest BCUT2D eigenvalue weighted by Crippen LogP contribution is 2.09. The van der Waals surface area contributed by atoms with E-state index in [4.69, 9.17) is 10.2 Å². The van der Waals surface area contributed by atoms with Gasteiger partial charge in [-0.25, -0.2) is 0 Å². The molecular weight excluding hydrogens is 204 g/mol. The average molecular weight is 211 g/mol. The third kappa shape index (κ3) is 5.55. The molecule has 0 atom stereocenters. The summed E-state index contributed by atoms with van der Waals surface area (Å²) in [6.07, 6.45) is -0.321. The highest BCUT2D eigenvalue weighted by Gasteiger charge is 2.12. The number of alkyl halides is 1. The molecule has 0 rings (SSSR count). The fraction of sp³-hybridized carbons (Fsp3) is 0.600. The molecule has 0 unspecified atom stereocenters. The van der Waals surface area contributed by atoms with Gasteiger partial charge in [0.1, 0.15) is 0 Å². The van der Waals surface area contributed by atoms with Crippen molar-refractivity contribution in [2.24, 2.45) is 0 Å². The van der Waals surface area contributed by atoms with Crippen LogP contribution >= 0.6 is 15.9 Å². The summed E-state index contributed by atoms with van der Waals surface area (Å²) >= 11 is 2.92. The van der Waals surface area contributed by atoms with E-state index in [2.05, 4.69) is 15.9 Å². The molecule has 58 valence electrons. The van der Waals surface area contributed by atoms with E-state index in [1.54, 1.807) is 0 Å². The zero-order valence-electron chi connectivity index (χ0n) is 5.08. The van der Waals surface area contributed by atoms with Gasteiger partial charge in [0.15, 0.2) is 0 Å². The van der Waals surface area contributed by atoms with Gasteiger partial charge in [-0.3, -0.25) is 9.59 Å². The van der Waals surface area contributed by atoms with Crippen LogP contribution in [0.2, 0.25) is 0 Å². The van der Waals surface area contributed by atoms with Crippen LogP contribution in [0.5, 0.6) is 0 Å². The second-order valence-electron chi connectivity index (χ2n) is 1.79. The van der Waals surface area contributed by atoms with Crippen LogP contribution in [0.3, 0.4) is 0 Å². The van der Waals surface area contributed by atoms with E-state index in [1.165, 1.54) is 0 Å². The van der Waals surface area contributed by atoms with Gasteiger partial charge in [0.05, 0.1) is 12.8 Å². The molecule has 10 heavy (non-hydrogen) atoms. The molecule has 0 saturated carbocycles. The molecule has 4 nitrogen and oxygen atoms in total. The van der Waals surface area contributed by atoms with Crippen molar-refractivity contribution in [2.75, 3.05) is 0 Å². The first-order valence-corrected chi connectivity index (χ1v) is 3.51. The lowest BCUT2D eigenvalue weighted by atomic mass is 10.2. The van der Waals surface area contributed by atoms with E-state index in [9.17, 15) is 9.59 Å². The smallest absolute Gasteiger partial charge is 0.304 e. The van der Waals surface area contributed by atoms with Crippen LogP contribution < -0.4 is 0 Å². The summed E-state index contributed by atoms with van der Waals surface area (Å²) in [5, 5.41) is 16.3. The van der Waals surface area contributed by atoms with E-state index >= 15 is 0 Å². The van der Waals surface area contributed by atoms with Crippen LogP contribution in [-0.2, 0) is 9.59 Å². The largest absolute Gasteiger partial charge is 0.481 e. The molecule has 0 spiro atoms. The molecule has 0 aromatic rings. The highest BCUT2D eigenvalue weighted by molar-refractivity contribution is 9.09. The third-order valence-electron chi connectivity index (χ3n) is 0.792. The van der Waals surface area contributed by atoms with Gasteiger partial charge >= 0.3 is 11.9 Å². The van der Waals surface area contributed by atoms with Crippen molar-refractivity contribution in [3.05, 3.63) is 0 Å². The molecule has 0 aromatic carbocycles. The number of aliphatic carboxylic acids is 2. The summed E-state index contributed by atoms with van der Waals surface area (Å²) in [5.74, 6) is -1.99. The van der Waals surface area contributed by atoms with Crippen LogP contribution in [0, 0.1) is 0 Å². The van der Waals surface area contributed by atoms with Crippen molar-refractivity contribution in [1.29, 1.82) is 0 Å². The minimum absolute atomic E-state index is 0.160. The predicted octanol–water partition coefficient (Wildman–Crippen LogP) is 0.699. The Balaban J connectivity index is 3.53. The predicted molar refractivity (Wildman–Crippen MR) is 37.2 cm³/mol. The lowest BCUT2D eigenvalue weighted by Crippen LogP contribution is -2.11. The van der Waals surface area contributed by atoms with E-state index in [0.717, 1.165) is 0 Å². The molecule has 0 saturated heterocycles. The normalized spacial score (nSPS) is 9.80. The monoisotopic (exact) mass is 210 g/mol. The minimum Gasteiger partial charge on any atom is -0.481 e. The first-order valence-electron chi connectivity index (χ1n) is 2.60. The number of halogens is 1. The first-order chi connectivity index (χ1) is 4.52. The standard InChI is InChI=1S/C5H7BrO4/c6-3(1-4(7)8)2-5(9)10/h3H,1-2H2,(H,7,8)(H,9,10). The van der Waals surface area contributed by atoms with Crippen molar-refractivity contribution in [1.82, 2.24) is 0 Å². The van der Waals surface area contributed by atoms with Crippen LogP contribution in [0.15, 0.2) is 0 Å². The Morgan fingerprint density at radius 3 is 1.70 bits per heavy atom. The molecule has 0 aliphatic carbocycles. The average Bonchev–Trinajstić information content (AvgIpc) is 1.58. The molecule has 2 N–H and O–H groups in total. The minimum atomic E-state index is -0.997. The van der Waals surface area contributed by atoms with Gasteiger partial charge in [0, 0.05) is 4.83 Å². The molecule has 0 amide bonds. The Morgan fingerprint density at radius 1 is 1.20 bits per heavy atom. The number of carbonyl (C=O) groups is 2. The number of carboxylic acid groups (broad SMARTS) is 2. The molecule has 0 fully saturated rings. The van der Waals surface area contributed by atoms with Gasteiger partial charge < -0.3 is 10.2 Å².